The van der Waals surface area contributed by atoms with Crippen LogP contribution in [-0.4, -0.2) is 41.0 Å². The highest BCUT2D eigenvalue weighted by Crippen LogP contribution is 2.21. The van der Waals surface area contributed by atoms with Gasteiger partial charge in [-0.05, 0) is 31.9 Å². The van der Waals surface area contributed by atoms with E-state index in [1.54, 1.807) is 0 Å². The van der Waals surface area contributed by atoms with Crippen LogP contribution >= 0.6 is 11.3 Å². The van der Waals surface area contributed by atoms with Gasteiger partial charge in [-0.2, -0.15) is 0 Å². The fourth-order valence-corrected chi connectivity index (χ4v) is 4.01. The lowest BCUT2D eigenvalue weighted by Crippen LogP contribution is -2.46. The standard InChI is InChI=1S/C18H26N4S/c1-4-15-12-18(20-14(3)19-15)22-10-8-21(9-11-22)13-17-7-6-16(5-2)23-17/h6-7,12H,4-5,8-11,13H2,1-3H3. The molecule has 0 radical (unpaired) electrons. The lowest BCUT2D eigenvalue weighted by Gasteiger charge is -2.35. The number of aromatic nitrogens is 2. The summed E-state index contributed by atoms with van der Waals surface area (Å²) in [5, 5.41) is 0. The minimum absolute atomic E-state index is 0.882. The van der Waals surface area contributed by atoms with Crippen LogP contribution in [0.1, 0.15) is 35.1 Å². The molecule has 2 aromatic heterocycles. The summed E-state index contributed by atoms with van der Waals surface area (Å²) < 4.78 is 0. The number of hydrogen-bond acceptors (Lipinski definition) is 5. The summed E-state index contributed by atoms with van der Waals surface area (Å²) >= 11 is 1.95. The highest BCUT2D eigenvalue weighted by Gasteiger charge is 2.19. The van der Waals surface area contributed by atoms with Gasteiger partial charge in [-0.15, -0.1) is 11.3 Å². The largest absolute Gasteiger partial charge is 0.354 e. The molecular weight excluding hydrogens is 304 g/mol. The molecule has 0 bridgehead atoms. The van der Waals surface area contributed by atoms with Gasteiger partial charge in [0.2, 0.25) is 0 Å². The minimum Gasteiger partial charge on any atom is -0.354 e. The third kappa shape index (κ3) is 4.09. The second-order valence-corrected chi connectivity index (χ2v) is 7.36. The highest BCUT2D eigenvalue weighted by atomic mass is 32.1. The van der Waals surface area contributed by atoms with Crippen molar-refractivity contribution >= 4 is 17.2 Å². The van der Waals surface area contributed by atoms with E-state index in [9.17, 15) is 0 Å². The SMILES string of the molecule is CCc1cc(N2CCN(Cc3ccc(CC)s3)CC2)nc(C)n1. The minimum atomic E-state index is 0.882. The third-order valence-corrected chi connectivity index (χ3v) is 5.60. The summed E-state index contributed by atoms with van der Waals surface area (Å²) in [5.41, 5.74) is 1.14. The Morgan fingerprint density at radius 1 is 1.00 bits per heavy atom. The van der Waals surface area contributed by atoms with E-state index in [1.165, 1.54) is 9.75 Å². The first-order valence-corrected chi connectivity index (χ1v) is 9.39. The predicted octanol–water partition coefficient (Wildman–Crippen LogP) is 3.29. The Morgan fingerprint density at radius 3 is 2.39 bits per heavy atom. The Hall–Kier alpha value is -1.46. The Bertz CT molecular complexity index is 644. The zero-order valence-corrected chi connectivity index (χ0v) is 15.2. The monoisotopic (exact) mass is 330 g/mol. The summed E-state index contributed by atoms with van der Waals surface area (Å²) in [7, 11) is 0. The van der Waals surface area contributed by atoms with Crippen molar-refractivity contribution in [1.82, 2.24) is 14.9 Å². The fourth-order valence-electron chi connectivity index (χ4n) is 3.01. The number of anilines is 1. The van der Waals surface area contributed by atoms with Crippen molar-refractivity contribution in [3.63, 3.8) is 0 Å². The molecule has 0 atom stereocenters. The Kier molecular flexibility index (Phi) is 5.28. The molecule has 3 rings (SSSR count). The maximum Gasteiger partial charge on any atom is 0.132 e. The predicted molar refractivity (Wildman–Crippen MR) is 97.3 cm³/mol. The number of piperazine rings is 1. The molecule has 0 aromatic carbocycles. The van der Waals surface area contributed by atoms with Crippen LogP contribution in [0.15, 0.2) is 18.2 Å². The van der Waals surface area contributed by atoms with Crippen molar-refractivity contribution in [1.29, 1.82) is 0 Å². The molecule has 0 aliphatic carbocycles. The number of thiophene rings is 1. The molecule has 0 unspecified atom stereocenters. The van der Waals surface area contributed by atoms with Crippen LogP contribution in [0, 0.1) is 6.92 Å². The van der Waals surface area contributed by atoms with Crippen molar-refractivity contribution in [2.45, 2.75) is 40.2 Å². The highest BCUT2D eigenvalue weighted by molar-refractivity contribution is 7.11. The van der Waals surface area contributed by atoms with Crippen LogP contribution in [0.3, 0.4) is 0 Å². The third-order valence-electron chi connectivity index (χ3n) is 4.38. The molecule has 1 aliphatic rings. The summed E-state index contributed by atoms with van der Waals surface area (Å²) in [6.07, 6.45) is 2.11. The molecule has 1 saturated heterocycles. The van der Waals surface area contributed by atoms with Crippen LogP contribution in [0.2, 0.25) is 0 Å². The lowest BCUT2D eigenvalue weighted by molar-refractivity contribution is 0.251. The summed E-state index contributed by atoms with van der Waals surface area (Å²) in [5.74, 6) is 1.98. The van der Waals surface area contributed by atoms with E-state index in [1.807, 2.05) is 18.3 Å². The average Bonchev–Trinajstić information content (AvgIpc) is 3.02. The molecule has 5 heteroatoms. The van der Waals surface area contributed by atoms with Gasteiger partial charge in [0.15, 0.2) is 0 Å². The van der Waals surface area contributed by atoms with Crippen LogP contribution < -0.4 is 4.90 Å². The van der Waals surface area contributed by atoms with E-state index < -0.39 is 0 Å². The Balaban J connectivity index is 1.58. The van der Waals surface area contributed by atoms with E-state index in [0.717, 1.165) is 62.9 Å². The molecule has 124 valence electrons. The quantitative estimate of drug-likeness (QED) is 0.842. The van der Waals surface area contributed by atoms with Gasteiger partial charge in [-0.3, -0.25) is 4.90 Å². The smallest absolute Gasteiger partial charge is 0.132 e. The zero-order chi connectivity index (χ0) is 16.2. The Morgan fingerprint density at radius 2 is 1.74 bits per heavy atom. The molecule has 4 nitrogen and oxygen atoms in total. The van der Waals surface area contributed by atoms with Gasteiger partial charge in [0.25, 0.3) is 0 Å². The fraction of sp³-hybridized carbons (Fsp3) is 0.556. The van der Waals surface area contributed by atoms with Gasteiger partial charge in [0.05, 0.1) is 0 Å². The molecular formula is C18H26N4S. The summed E-state index contributed by atoms with van der Waals surface area (Å²) in [6, 6.07) is 6.71. The van der Waals surface area contributed by atoms with Gasteiger partial charge in [0.1, 0.15) is 11.6 Å². The van der Waals surface area contributed by atoms with Gasteiger partial charge in [-0.25, -0.2) is 9.97 Å². The first kappa shape index (κ1) is 16.4. The molecule has 2 aromatic rings. The van der Waals surface area contributed by atoms with Crippen molar-refractivity contribution in [2.75, 3.05) is 31.1 Å². The maximum atomic E-state index is 4.63. The van der Waals surface area contributed by atoms with Crippen LogP contribution in [0.4, 0.5) is 5.82 Å². The number of aryl methyl sites for hydroxylation is 3. The van der Waals surface area contributed by atoms with Gasteiger partial charge in [-0.1, -0.05) is 13.8 Å². The van der Waals surface area contributed by atoms with E-state index >= 15 is 0 Å². The van der Waals surface area contributed by atoms with Gasteiger partial charge in [0, 0.05) is 54.2 Å². The molecule has 3 heterocycles. The van der Waals surface area contributed by atoms with Crippen molar-refractivity contribution < 1.29 is 0 Å². The van der Waals surface area contributed by atoms with E-state index in [0.29, 0.717) is 0 Å². The number of rotatable bonds is 5. The van der Waals surface area contributed by atoms with Gasteiger partial charge >= 0.3 is 0 Å². The van der Waals surface area contributed by atoms with E-state index in [4.69, 9.17) is 0 Å². The molecule has 0 N–H and O–H groups in total. The van der Waals surface area contributed by atoms with Crippen LogP contribution in [-0.2, 0) is 19.4 Å². The topological polar surface area (TPSA) is 32.3 Å². The molecule has 23 heavy (non-hydrogen) atoms. The zero-order valence-electron chi connectivity index (χ0n) is 14.4. The van der Waals surface area contributed by atoms with Crippen molar-refractivity contribution in [3.8, 4) is 0 Å². The van der Waals surface area contributed by atoms with E-state index in [2.05, 4.69) is 51.8 Å². The summed E-state index contributed by atoms with van der Waals surface area (Å²) in [6.45, 7) is 11.7. The second kappa shape index (κ2) is 7.41. The Labute approximate surface area is 143 Å². The van der Waals surface area contributed by atoms with Crippen LogP contribution in [0.5, 0.6) is 0 Å². The first-order chi connectivity index (χ1) is 11.2. The van der Waals surface area contributed by atoms with Crippen molar-refractivity contribution in [3.05, 3.63) is 39.5 Å². The molecule has 0 amide bonds. The molecule has 0 spiro atoms. The normalized spacial score (nSPS) is 16.0. The molecule has 1 aliphatic heterocycles. The molecule has 1 fully saturated rings. The van der Waals surface area contributed by atoms with Crippen LogP contribution in [0.25, 0.3) is 0 Å². The summed E-state index contributed by atoms with van der Waals surface area (Å²) in [4.78, 5) is 17.0. The van der Waals surface area contributed by atoms with Gasteiger partial charge < -0.3 is 4.90 Å². The lowest BCUT2D eigenvalue weighted by atomic mass is 10.2. The van der Waals surface area contributed by atoms with E-state index in [-0.39, 0.29) is 0 Å². The van der Waals surface area contributed by atoms with Crippen molar-refractivity contribution in [2.24, 2.45) is 0 Å². The average molecular weight is 331 g/mol. The second-order valence-electron chi connectivity index (χ2n) is 6.10. The number of nitrogens with zero attached hydrogens (tertiary/aromatic N) is 4. The first-order valence-electron chi connectivity index (χ1n) is 8.57. The molecule has 0 saturated carbocycles. The number of hydrogen-bond donors (Lipinski definition) is 0. The maximum absolute atomic E-state index is 4.63.